The summed E-state index contributed by atoms with van der Waals surface area (Å²) in [5, 5.41) is 11.7. The second-order valence-corrected chi connectivity index (χ2v) is 3.28. The van der Waals surface area contributed by atoms with Crippen molar-refractivity contribution in [1.82, 2.24) is 5.32 Å². The van der Waals surface area contributed by atoms with Gasteiger partial charge in [-0.3, -0.25) is 4.79 Å². The number of benzene rings is 1. The van der Waals surface area contributed by atoms with Gasteiger partial charge in [-0.25, -0.2) is 0 Å². The molecule has 1 aromatic rings. The summed E-state index contributed by atoms with van der Waals surface area (Å²) in [6.45, 7) is 3.29. The molecule has 1 aromatic carbocycles. The molecule has 1 rings (SSSR count). The maximum atomic E-state index is 11.0. The van der Waals surface area contributed by atoms with E-state index in [2.05, 4.69) is 11.9 Å². The molecule has 0 aliphatic rings. The predicted molar refractivity (Wildman–Crippen MR) is 59.4 cm³/mol. The Morgan fingerprint density at radius 3 is 2.67 bits per heavy atom. The van der Waals surface area contributed by atoms with Gasteiger partial charge in [0.2, 0.25) is 5.91 Å². The number of hydrogen-bond donors (Lipinski definition) is 2. The van der Waals surface area contributed by atoms with Crippen LogP contribution in [0.4, 0.5) is 0 Å². The van der Waals surface area contributed by atoms with E-state index in [1.807, 2.05) is 30.3 Å². The van der Waals surface area contributed by atoms with Gasteiger partial charge in [0.05, 0.1) is 12.6 Å². The largest absolute Gasteiger partial charge is 0.394 e. The highest BCUT2D eigenvalue weighted by Crippen LogP contribution is 2.02. The normalized spacial score (nSPS) is 11.8. The van der Waals surface area contributed by atoms with Crippen LogP contribution in [0.25, 0.3) is 0 Å². The van der Waals surface area contributed by atoms with Crippen LogP contribution in [0.1, 0.15) is 5.56 Å². The van der Waals surface area contributed by atoms with E-state index in [1.165, 1.54) is 6.08 Å². The van der Waals surface area contributed by atoms with Gasteiger partial charge in [-0.15, -0.1) is 0 Å². The highest BCUT2D eigenvalue weighted by atomic mass is 16.3. The van der Waals surface area contributed by atoms with Gasteiger partial charge in [0, 0.05) is 0 Å². The molecule has 2 N–H and O–H groups in total. The van der Waals surface area contributed by atoms with Crippen LogP contribution >= 0.6 is 0 Å². The van der Waals surface area contributed by atoms with E-state index in [-0.39, 0.29) is 18.6 Å². The summed E-state index contributed by atoms with van der Waals surface area (Å²) in [5.41, 5.74) is 1.08. The molecule has 3 nitrogen and oxygen atoms in total. The first-order valence-electron chi connectivity index (χ1n) is 4.84. The molecule has 0 spiro atoms. The minimum Gasteiger partial charge on any atom is -0.394 e. The molecule has 1 unspecified atom stereocenters. The first kappa shape index (κ1) is 11.5. The average Bonchev–Trinajstić information content (AvgIpc) is 2.29. The Morgan fingerprint density at radius 1 is 1.47 bits per heavy atom. The van der Waals surface area contributed by atoms with Crippen LogP contribution in [0.5, 0.6) is 0 Å². The standard InChI is InChI=1S/C12H15NO2/c1-2-12(15)13-11(9-14)8-10-6-4-3-5-7-10/h2-7,11,14H,1,8-9H2,(H,13,15). The number of hydrogen-bond acceptors (Lipinski definition) is 2. The van der Waals surface area contributed by atoms with Crippen LogP contribution in [-0.4, -0.2) is 23.7 Å². The lowest BCUT2D eigenvalue weighted by atomic mass is 10.1. The fourth-order valence-corrected chi connectivity index (χ4v) is 1.32. The summed E-state index contributed by atoms with van der Waals surface area (Å²) in [5.74, 6) is -0.259. The van der Waals surface area contributed by atoms with Crippen LogP contribution < -0.4 is 5.32 Å². The molecule has 1 atom stereocenters. The average molecular weight is 205 g/mol. The van der Waals surface area contributed by atoms with Crippen molar-refractivity contribution in [1.29, 1.82) is 0 Å². The molecule has 3 heteroatoms. The lowest BCUT2D eigenvalue weighted by Crippen LogP contribution is -2.38. The fraction of sp³-hybridized carbons (Fsp3) is 0.250. The second kappa shape index (κ2) is 5.98. The number of rotatable bonds is 5. The van der Waals surface area contributed by atoms with Crippen LogP contribution in [0, 0.1) is 0 Å². The van der Waals surface area contributed by atoms with E-state index in [4.69, 9.17) is 5.11 Å². The fourth-order valence-electron chi connectivity index (χ4n) is 1.32. The van der Waals surface area contributed by atoms with E-state index in [0.29, 0.717) is 6.42 Å². The van der Waals surface area contributed by atoms with Crippen molar-refractivity contribution >= 4 is 5.91 Å². The zero-order valence-corrected chi connectivity index (χ0v) is 8.52. The SMILES string of the molecule is C=CC(=O)NC(CO)Cc1ccccc1. The summed E-state index contributed by atoms with van der Waals surface area (Å²) in [6, 6.07) is 9.46. The summed E-state index contributed by atoms with van der Waals surface area (Å²) in [7, 11) is 0. The molecule has 80 valence electrons. The third-order valence-electron chi connectivity index (χ3n) is 2.08. The smallest absolute Gasteiger partial charge is 0.243 e. The molecule has 15 heavy (non-hydrogen) atoms. The van der Waals surface area contributed by atoms with Gasteiger partial charge in [0.25, 0.3) is 0 Å². The Kier molecular flexibility index (Phi) is 4.57. The van der Waals surface area contributed by atoms with E-state index < -0.39 is 0 Å². The Hall–Kier alpha value is -1.61. The first-order valence-corrected chi connectivity index (χ1v) is 4.84. The van der Waals surface area contributed by atoms with Crippen molar-refractivity contribution in [2.45, 2.75) is 12.5 Å². The van der Waals surface area contributed by atoms with Crippen molar-refractivity contribution in [2.24, 2.45) is 0 Å². The molecular formula is C12H15NO2. The number of carbonyl (C=O) groups excluding carboxylic acids is 1. The van der Waals surface area contributed by atoms with Crippen LogP contribution in [-0.2, 0) is 11.2 Å². The molecule has 0 fully saturated rings. The molecule has 0 bridgehead atoms. The lowest BCUT2D eigenvalue weighted by Gasteiger charge is -2.14. The van der Waals surface area contributed by atoms with Crippen molar-refractivity contribution < 1.29 is 9.90 Å². The van der Waals surface area contributed by atoms with E-state index in [1.54, 1.807) is 0 Å². The zero-order chi connectivity index (χ0) is 11.1. The third kappa shape index (κ3) is 3.95. The lowest BCUT2D eigenvalue weighted by molar-refractivity contribution is -0.117. The topological polar surface area (TPSA) is 49.3 Å². The minimum atomic E-state index is -0.259. The molecule has 0 saturated carbocycles. The highest BCUT2D eigenvalue weighted by molar-refractivity contribution is 5.87. The molecule has 1 amide bonds. The minimum absolute atomic E-state index is 0.0749. The summed E-state index contributed by atoms with van der Waals surface area (Å²) >= 11 is 0. The van der Waals surface area contributed by atoms with Gasteiger partial charge >= 0.3 is 0 Å². The van der Waals surface area contributed by atoms with Crippen molar-refractivity contribution in [2.75, 3.05) is 6.61 Å². The number of amides is 1. The Balaban J connectivity index is 2.54. The van der Waals surface area contributed by atoms with Gasteiger partial charge in [-0.05, 0) is 18.1 Å². The van der Waals surface area contributed by atoms with Gasteiger partial charge < -0.3 is 10.4 Å². The maximum absolute atomic E-state index is 11.0. The molecule has 0 saturated heterocycles. The van der Waals surface area contributed by atoms with Crippen molar-refractivity contribution in [3.05, 3.63) is 48.6 Å². The van der Waals surface area contributed by atoms with Crippen LogP contribution in [0.2, 0.25) is 0 Å². The van der Waals surface area contributed by atoms with E-state index >= 15 is 0 Å². The second-order valence-electron chi connectivity index (χ2n) is 3.28. The summed E-state index contributed by atoms with van der Waals surface area (Å²) < 4.78 is 0. The Bertz CT molecular complexity index is 322. The van der Waals surface area contributed by atoms with Gasteiger partial charge in [0.1, 0.15) is 0 Å². The summed E-state index contributed by atoms with van der Waals surface area (Å²) in [4.78, 5) is 11.0. The number of nitrogens with one attached hydrogen (secondary N) is 1. The molecule has 0 heterocycles. The number of aliphatic hydroxyl groups excluding tert-OH is 1. The van der Waals surface area contributed by atoms with E-state index in [0.717, 1.165) is 5.56 Å². The van der Waals surface area contributed by atoms with E-state index in [9.17, 15) is 4.79 Å². The quantitative estimate of drug-likeness (QED) is 0.701. The molecule has 0 aliphatic carbocycles. The molecule has 0 aromatic heterocycles. The number of aliphatic hydroxyl groups is 1. The molecule has 0 aliphatic heterocycles. The van der Waals surface area contributed by atoms with Gasteiger partial charge in [-0.2, -0.15) is 0 Å². The van der Waals surface area contributed by atoms with Crippen molar-refractivity contribution in [3.63, 3.8) is 0 Å². The van der Waals surface area contributed by atoms with Crippen LogP contribution in [0.15, 0.2) is 43.0 Å². The summed E-state index contributed by atoms with van der Waals surface area (Å²) in [6.07, 6.45) is 1.82. The van der Waals surface area contributed by atoms with Crippen molar-refractivity contribution in [3.8, 4) is 0 Å². The third-order valence-corrected chi connectivity index (χ3v) is 2.08. The maximum Gasteiger partial charge on any atom is 0.243 e. The Labute approximate surface area is 89.4 Å². The van der Waals surface area contributed by atoms with Crippen LogP contribution in [0.3, 0.4) is 0 Å². The first-order chi connectivity index (χ1) is 7.26. The monoisotopic (exact) mass is 205 g/mol. The number of carbonyl (C=O) groups is 1. The van der Waals surface area contributed by atoms with Gasteiger partial charge in [-0.1, -0.05) is 36.9 Å². The zero-order valence-electron chi connectivity index (χ0n) is 8.52. The van der Waals surface area contributed by atoms with Gasteiger partial charge in [0.15, 0.2) is 0 Å². The molecular weight excluding hydrogens is 190 g/mol. The Morgan fingerprint density at radius 2 is 2.13 bits per heavy atom. The highest BCUT2D eigenvalue weighted by Gasteiger charge is 2.09. The predicted octanol–water partition coefficient (Wildman–Crippen LogP) is 0.892. The molecule has 0 radical (unpaired) electrons.